The average molecular weight is 410 g/mol. The lowest BCUT2D eigenvalue weighted by atomic mass is 10.1. The van der Waals surface area contributed by atoms with Crippen LogP contribution in [-0.2, 0) is 14.8 Å². The summed E-state index contributed by atoms with van der Waals surface area (Å²) in [6.45, 7) is 3.49. The first-order chi connectivity index (χ1) is 13.0. The van der Waals surface area contributed by atoms with Crippen LogP contribution in [0, 0.1) is 0 Å². The van der Waals surface area contributed by atoms with Gasteiger partial charge in [0.2, 0.25) is 15.9 Å². The summed E-state index contributed by atoms with van der Waals surface area (Å²) in [6, 6.07) is 7.92. The van der Waals surface area contributed by atoms with Crippen LogP contribution in [0.25, 0.3) is 0 Å². The molecular weight excluding hydrogens is 386 g/mol. The summed E-state index contributed by atoms with van der Waals surface area (Å²) in [4.78, 5) is 13.5. The fraction of sp³-hybridized carbons (Fsp3) is 0.389. The lowest BCUT2D eigenvalue weighted by Crippen LogP contribution is -2.41. The van der Waals surface area contributed by atoms with E-state index in [9.17, 15) is 13.2 Å². The van der Waals surface area contributed by atoms with Gasteiger partial charge in [0, 0.05) is 49.3 Å². The number of sulfonamides is 1. The standard InChI is InChI=1S/C18H23N3O4S2/c1-14(22)20-16-2-4-17(5-3-16)27(23,24)19-12-18(15-6-9-25-13-15)21-7-10-26-11-8-21/h2-6,9,13,18-19H,7-8,10-12H2,1H3,(H,20,22)/t18-/m0/s1. The highest BCUT2D eigenvalue weighted by Gasteiger charge is 2.25. The molecule has 2 aromatic rings. The van der Waals surface area contributed by atoms with Gasteiger partial charge in [0.05, 0.1) is 23.5 Å². The Morgan fingerprint density at radius 3 is 2.52 bits per heavy atom. The summed E-state index contributed by atoms with van der Waals surface area (Å²) in [5, 5.41) is 2.62. The Balaban J connectivity index is 1.70. The number of furan rings is 1. The van der Waals surface area contributed by atoms with Crippen molar-refractivity contribution in [1.29, 1.82) is 0 Å². The molecule has 146 valence electrons. The molecule has 9 heteroatoms. The van der Waals surface area contributed by atoms with E-state index in [4.69, 9.17) is 4.42 Å². The predicted molar refractivity (Wildman–Crippen MR) is 106 cm³/mol. The Morgan fingerprint density at radius 2 is 1.93 bits per heavy atom. The Labute approximate surface area is 163 Å². The number of hydrogen-bond acceptors (Lipinski definition) is 6. The van der Waals surface area contributed by atoms with Crippen molar-refractivity contribution in [3.8, 4) is 0 Å². The molecule has 1 atom stereocenters. The third-order valence-corrected chi connectivity index (χ3v) is 6.75. The van der Waals surface area contributed by atoms with Crippen LogP contribution in [0.1, 0.15) is 18.5 Å². The zero-order chi connectivity index (χ0) is 19.3. The van der Waals surface area contributed by atoms with Gasteiger partial charge < -0.3 is 9.73 Å². The number of carbonyl (C=O) groups is 1. The van der Waals surface area contributed by atoms with E-state index in [0.29, 0.717) is 5.69 Å². The van der Waals surface area contributed by atoms with E-state index in [1.54, 1.807) is 24.7 Å². The van der Waals surface area contributed by atoms with E-state index >= 15 is 0 Å². The maximum Gasteiger partial charge on any atom is 0.240 e. The molecule has 0 radical (unpaired) electrons. The summed E-state index contributed by atoms with van der Waals surface area (Å²) in [5.41, 5.74) is 1.52. The third kappa shape index (κ3) is 5.35. The highest BCUT2D eigenvalue weighted by molar-refractivity contribution is 7.99. The van der Waals surface area contributed by atoms with Crippen molar-refractivity contribution in [1.82, 2.24) is 9.62 Å². The predicted octanol–water partition coefficient (Wildman–Crippen LogP) is 2.31. The van der Waals surface area contributed by atoms with Crippen LogP contribution in [0.5, 0.6) is 0 Å². The van der Waals surface area contributed by atoms with Gasteiger partial charge in [-0.15, -0.1) is 0 Å². The van der Waals surface area contributed by atoms with Crippen molar-refractivity contribution >= 4 is 33.4 Å². The molecule has 1 aliphatic heterocycles. The SMILES string of the molecule is CC(=O)Nc1ccc(S(=O)(=O)NC[C@@H](c2ccoc2)N2CCSCC2)cc1. The Morgan fingerprint density at radius 1 is 1.22 bits per heavy atom. The number of carbonyl (C=O) groups excluding carboxylic acids is 1. The fourth-order valence-corrected chi connectivity index (χ4v) is 4.97. The highest BCUT2D eigenvalue weighted by atomic mass is 32.2. The quantitative estimate of drug-likeness (QED) is 0.729. The molecule has 3 rings (SSSR count). The number of amides is 1. The van der Waals surface area contributed by atoms with Gasteiger partial charge in [-0.3, -0.25) is 9.69 Å². The molecule has 1 fully saturated rings. The largest absolute Gasteiger partial charge is 0.472 e. The molecule has 1 amide bonds. The van der Waals surface area contributed by atoms with Crippen molar-refractivity contribution in [2.75, 3.05) is 36.5 Å². The number of hydrogen-bond donors (Lipinski definition) is 2. The van der Waals surface area contributed by atoms with E-state index in [2.05, 4.69) is 14.9 Å². The van der Waals surface area contributed by atoms with Crippen LogP contribution in [0.2, 0.25) is 0 Å². The molecule has 1 aromatic carbocycles. The van der Waals surface area contributed by atoms with Crippen molar-refractivity contribution in [2.24, 2.45) is 0 Å². The van der Waals surface area contributed by atoms with Crippen molar-refractivity contribution in [3.63, 3.8) is 0 Å². The molecular formula is C18H23N3O4S2. The van der Waals surface area contributed by atoms with E-state index in [1.165, 1.54) is 19.1 Å². The highest BCUT2D eigenvalue weighted by Crippen LogP contribution is 2.25. The van der Waals surface area contributed by atoms with Gasteiger partial charge in [0.25, 0.3) is 0 Å². The maximum absolute atomic E-state index is 12.7. The summed E-state index contributed by atoms with van der Waals surface area (Å²) < 4.78 is 33.3. The molecule has 0 spiro atoms. The van der Waals surface area contributed by atoms with Crippen LogP contribution in [0.3, 0.4) is 0 Å². The molecule has 1 saturated heterocycles. The molecule has 1 aliphatic rings. The zero-order valence-corrected chi connectivity index (χ0v) is 16.7. The summed E-state index contributed by atoms with van der Waals surface area (Å²) in [6.07, 6.45) is 3.28. The van der Waals surface area contributed by atoms with E-state index < -0.39 is 10.0 Å². The van der Waals surface area contributed by atoms with Crippen LogP contribution in [0.15, 0.2) is 52.2 Å². The van der Waals surface area contributed by atoms with Crippen molar-refractivity contribution < 1.29 is 17.6 Å². The lowest BCUT2D eigenvalue weighted by molar-refractivity contribution is -0.114. The molecule has 0 aliphatic carbocycles. The van der Waals surface area contributed by atoms with Gasteiger partial charge in [-0.1, -0.05) is 0 Å². The Kier molecular flexibility index (Phi) is 6.59. The topological polar surface area (TPSA) is 91.6 Å². The second-order valence-electron chi connectivity index (χ2n) is 6.28. The first-order valence-electron chi connectivity index (χ1n) is 8.67. The number of anilines is 1. The number of thioether (sulfide) groups is 1. The number of nitrogens with zero attached hydrogens (tertiary/aromatic N) is 1. The van der Waals surface area contributed by atoms with Crippen LogP contribution in [0.4, 0.5) is 5.69 Å². The van der Waals surface area contributed by atoms with E-state index in [1.807, 2.05) is 17.8 Å². The molecule has 0 unspecified atom stereocenters. The average Bonchev–Trinajstić information content (AvgIpc) is 3.17. The number of nitrogens with one attached hydrogen (secondary N) is 2. The second kappa shape index (κ2) is 8.92. The van der Waals surface area contributed by atoms with Crippen molar-refractivity contribution in [2.45, 2.75) is 17.9 Å². The van der Waals surface area contributed by atoms with Gasteiger partial charge in [-0.05, 0) is 30.3 Å². The monoisotopic (exact) mass is 409 g/mol. The molecule has 27 heavy (non-hydrogen) atoms. The molecule has 2 heterocycles. The minimum atomic E-state index is -3.66. The Bertz CT molecular complexity index is 845. The van der Waals surface area contributed by atoms with E-state index in [-0.39, 0.29) is 23.4 Å². The minimum absolute atomic E-state index is 0.0712. The summed E-state index contributed by atoms with van der Waals surface area (Å²) in [7, 11) is -3.66. The van der Waals surface area contributed by atoms with Crippen LogP contribution < -0.4 is 10.0 Å². The number of rotatable bonds is 7. The Hall–Kier alpha value is -1.81. The van der Waals surface area contributed by atoms with Gasteiger partial charge in [0.1, 0.15) is 0 Å². The maximum atomic E-state index is 12.7. The van der Waals surface area contributed by atoms with Crippen molar-refractivity contribution in [3.05, 3.63) is 48.4 Å². The summed E-state index contributed by atoms with van der Waals surface area (Å²) >= 11 is 1.91. The van der Waals surface area contributed by atoms with E-state index in [0.717, 1.165) is 30.2 Å². The zero-order valence-electron chi connectivity index (χ0n) is 15.1. The third-order valence-electron chi connectivity index (χ3n) is 4.37. The molecule has 2 N–H and O–H groups in total. The minimum Gasteiger partial charge on any atom is -0.472 e. The normalized spacial score (nSPS) is 16.8. The number of benzene rings is 1. The molecule has 0 saturated carbocycles. The first-order valence-corrected chi connectivity index (χ1v) is 11.3. The molecule has 1 aromatic heterocycles. The van der Waals surface area contributed by atoms with Gasteiger partial charge in [-0.2, -0.15) is 11.8 Å². The van der Waals surface area contributed by atoms with Crippen LogP contribution in [-0.4, -0.2) is 50.4 Å². The fourth-order valence-electron chi connectivity index (χ4n) is 3.00. The molecule has 7 nitrogen and oxygen atoms in total. The second-order valence-corrected chi connectivity index (χ2v) is 9.27. The van der Waals surface area contributed by atoms with Gasteiger partial charge in [-0.25, -0.2) is 13.1 Å². The molecule has 0 bridgehead atoms. The van der Waals surface area contributed by atoms with Crippen LogP contribution >= 0.6 is 11.8 Å². The lowest BCUT2D eigenvalue weighted by Gasteiger charge is -2.33. The summed E-state index contributed by atoms with van der Waals surface area (Å²) in [5.74, 6) is 1.86. The smallest absolute Gasteiger partial charge is 0.240 e. The first kappa shape index (κ1) is 19.9. The van der Waals surface area contributed by atoms with Gasteiger partial charge in [0.15, 0.2) is 0 Å². The van der Waals surface area contributed by atoms with Gasteiger partial charge >= 0.3 is 0 Å².